The zero-order valence-corrected chi connectivity index (χ0v) is 21.5. The molecule has 0 bridgehead atoms. The maximum Gasteiger partial charge on any atom is 0.460 e. The van der Waals surface area contributed by atoms with Crippen LogP contribution in [0.5, 0.6) is 5.75 Å². The Balaban J connectivity index is 3.65. The minimum Gasteiger partial charge on any atom is -0.494 e. The summed E-state index contributed by atoms with van der Waals surface area (Å²) in [6, 6.07) is 3.81. The molecule has 0 aliphatic rings. The van der Waals surface area contributed by atoms with Crippen LogP contribution in [-0.2, 0) is 13.7 Å². The number of benzene rings is 1. The van der Waals surface area contributed by atoms with Crippen LogP contribution >= 0.6 is 10.3 Å². The Morgan fingerprint density at radius 3 is 1.27 bits per heavy atom. The molecule has 1 aromatic carbocycles. The van der Waals surface area contributed by atoms with Crippen LogP contribution in [0.4, 0.5) is 74.6 Å². The summed E-state index contributed by atoms with van der Waals surface area (Å²) < 4.78 is 261. The Kier molecular flexibility index (Phi) is 9.39. The first-order chi connectivity index (χ1) is 17.7. The minimum absolute atomic E-state index is 0.0573. The van der Waals surface area contributed by atoms with Crippen LogP contribution in [0.1, 0.15) is 6.92 Å². The zero-order valence-electron chi connectivity index (χ0n) is 19.9. The molecule has 0 amide bonds. The van der Waals surface area contributed by atoms with Crippen molar-refractivity contribution in [1.82, 2.24) is 0 Å². The minimum atomic E-state index is -8.90. The summed E-state index contributed by atoms with van der Waals surface area (Å²) >= 11 is 0. The molecule has 0 atom stereocenters. The van der Waals surface area contributed by atoms with E-state index < -0.39 is 72.3 Å². The third-order valence-electron chi connectivity index (χ3n) is 4.97. The van der Waals surface area contributed by atoms with E-state index in [2.05, 4.69) is 3.63 Å². The molecule has 0 fully saturated rings. The fourth-order valence-corrected chi connectivity index (χ4v) is 6.32. The van der Waals surface area contributed by atoms with Crippen molar-refractivity contribution in [2.75, 3.05) is 19.1 Å². The molecular weight excluding hydrogens is 667 g/mol. The molecule has 1 rings (SSSR count). The van der Waals surface area contributed by atoms with Crippen molar-refractivity contribution in [2.24, 2.45) is 0 Å². The van der Waals surface area contributed by atoms with Gasteiger partial charge in [0, 0.05) is 4.90 Å². The van der Waals surface area contributed by atoms with Gasteiger partial charge in [-0.3, -0.25) is 0 Å². The first-order valence-corrected chi connectivity index (χ1v) is 13.7. The second kappa shape index (κ2) is 10.4. The lowest BCUT2D eigenvalue weighted by Gasteiger charge is -2.42. The van der Waals surface area contributed by atoms with Crippen molar-refractivity contribution >= 4 is 20.4 Å². The SMILES string of the molecule is CCOc1ccc(S(C)(C)OS(=O)(=O)C(F)(F)C(F)(F)C(F)(F)C(F)(F)C(F)(F)C(F)(F)C(F)(F)C(F)(F)F)cc1. The predicted octanol–water partition coefficient (Wildman–Crippen LogP) is 7.74. The van der Waals surface area contributed by atoms with E-state index in [0.29, 0.717) is 12.5 Å². The van der Waals surface area contributed by atoms with E-state index in [1.54, 1.807) is 0 Å². The second-order valence-electron chi connectivity index (χ2n) is 8.12. The normalized spacial score (nSPS) is 16.1. The van der Waals surface area contributed by atoms with Crippen molar-refractivity contribution in [3.8, 4) is 5.75 Å². The highest BCUT2D eigenvalue weighted by atomic mass is 32.3. The van der Waals surface area contributed by atoms with Crippen LogP contribution in [0.3, 0.4) is 0 Å². The third kappa shape index (κ3) is 5.49. The predicted molar refractivity (Wildman–Crippen MR) is 106 cm³/mol. The van der Waals surface area contributed by atoms with Crippen molar-refractivity contribution in [1.29, 1.82) is 0 Å². The van der Waals surface area contributed by atoms with E-state index in [-0.39, 0.29) is 12.4 Å². The lowest BCUT2D eigenvalue weighted by Crippen LogP contribution is -2.75. The Bertz CT molecular complexity index is 1190. The highest BCUT2D eigenvalue weighted by molar-refractivity contribution is 8.32. The van der Waals surface area contributed by atoms with Crippen LogP contribution in [0.25, 0.3) is 0 Å². The molecule has 0 radical (unpaired) electrons. The first kappa shape index (κ1) is 37.1. The van der Waals surface area contributed by atoms with Crippen LogP contribution < -0.4 is 4.74 Å². The fourth-order valence-electron chi connectivity index (χ4n) is 2.64. The van der Waals surface area contributed by atoms with Crippen LogP contribution in [0, 0.1) is 0 Å². The Labute approximate surface area is 220 Å². The van der Waals surface area contributed by atoms with Gasteiger partial charge in [-0.2, -0.15) is 83.1 Å². The monoisotopic (exact) mass is 682 g/mol. The highest BCUT2D eigenvalue weighted by Gasteiger charge is 2.96. The molecule has 4 nitrogen and oxygen atoms in total. The summed E-state index contributed by atoms with van der Waals surface area (Å²) in [5.41, 5.74) is 0. The molecule has 0 saturated carbocycles. The molecule has 23 heteroatoms. The lowest BCUT2D eigenvalue weighted by atomic mass is 9.91. The van der Waals surface area contributed by atoms with Gasteiger partial charge in [0.15, 0.2) is 0 Å². The fraction of sp³-hybridized carbons (Fsp3) is 0.667. The van der Waals surface area contributed by atoms with E-state index in [1.165, 1.54) is 6.92 Å². The Morgan fingerprint density at radius 2 is 0.927 bits per heavy atom. The van der Waals surface area contributed by atoms with E-state index in [9.17, 15) is 83.1 Å². The lowest BCUT2D eigenvalue weighted by molar-refractivity contribution is -0.458. The molecule has 0 aliphatic heterocycles. The smallest absolute Gasteiger partial charge is 0.460 e. The van der Waals surface area contributed by atoms with E-state index in [1.807, 2.05) is 0 Å². The van der Waals surface area contributed by atoms with Crippen LogP contribution in [0.15, 0.2) is 29.2 Å². The largest absolute Gasteiger partial charge is 0.494 e. The Hall–Kier alpha value is -1.91. The second-order valence-corrected chi connectivity index (χ2v) is 13.0. The van der Waals surface area contributed by atoms with Gasteiger partial charge >= 0.3 is 57.1 Å². The number of hydrogen-bond donors (Lipinski definition) is 0. The first-order valence-electron chi connectivity index (χ1n) is 9.88. The topological polar surface area (TPSA) is 52.6 Å². The molecule has 0 heterocycles. The van der Waals surface area contributed by atoms with Crippen LogP contribution in [-0.4, -0.2) is 74.5 Å². The van der Waals surface area contributed by atoms with Gasteiger partial charge in [-0.15, -0.1) is 0 Å². The van der Waals surface area contributed by atoms with Crippen LogP contribution in [0.2, 0.25) is 0 Å². The molecule has 0 saturated heterocycles. The standard InChI is InChI=1S/C18H15F17O4S2/c1-4-38-9-5-7-10(8-6-9)40(2,3)39-41(36,37)18(34,35)16(29,30)14(25,26)12(21,22)11(19,20)13(23,24)15(27,28)17(31,32)33/h5-8H,4H2,1-3H3. The summed E-state index contributed by atoms with van der Waals surface area (Å²) in [5, 5.41) is -7.74. The summed E-state index contributed by atoms with van der Waals surface area (Å²) in [6.07, 6.45) is -6.74. The van der Waals surface area contributed by atoms with Gasteiger partial charge in [0.2, 0.25) is 0 Å². The number of hydrogen-bond acceptors (Lipinski definition) is 4. The number of ether oxygens (including phenoxy) is 1. The van der Waals surface area contributed by atoms with Gasteiger partial charge in [-0.25, -0.2) is 3.63 Å². The molecule has 0 aliphatic carbocycles. The van der Waals surface area contributed by atoms with Crippen molar-refractivity contribution in [3.63, 3.8) is 0 Å². The molecule has 0 unspecified atom stereocenters. The maximum atomic E-state index is 14.3. The number of alkyl halides is 17. The van der Waals surface area contributed by atoms with Gasteiger partial charge in [-0.05, 0) is 43.7 Å². The van der Waals surface area contributed by atoms with Crippen molar-refractivity contribution in [3.05, 3.63) is 24.3 Å². The number of rotatable bonds is 12. The third-order valence-corrected chi connectivity index (χ3v) is 9.34. The molecule has 0 aromatic heterocycles. The quantitative estimate of drug-likeness (QED) is 0.212. The van der Waals surface area contributed by atoms with E-state index in [0.717, 1.165) is 24.3 Å². The van der Waals surface area contributed by atoms with Crippen molar-refractivity contribution < 1.29 is 91.4 Å². The summed E-state index contributed by atoms with van der Waals surface area (Å²) in [5.74, 6) is -51.9. The zero-order chi connectivity index (χ0) is 33.1. The van der Waals surface area contributed by atoms with E-state index >= 15 is 0 Å². The maximum absolute atomic E-state index is 14.3. The van der Waals surface area contributed by atoms with Gasteiger partial charge in [0.1, 0.15) is 5.75 Å². The molecule has 0 spiro atoms. The van der Waals surface area contributed by atoms with Gasteiger partial charge in [-0.1, -0.05) is 10.3 Å². The molecule has 242 valence electrons. The average molecular weight is 682 g/mol. The summed E-state index contributed by atoms with van der Waals surface area (Å²) in [7, 11) is -11.5. The average Bonchev–Trinajstić information content (AvgIpc) is 2.77. The van der Waals surface area contributed by atoms with Gasteiger partial charge < -0.3 is 4.74 Å². The van der Waals surface area contributed by atoms with Crippen molar-refractivity contribution in [2.45, 2.75) is 58.8 Å². The summed E-state index contributed by atoms with van der Waals surface area (Å²) in [4.78, 5) is -0.457. The van der Waals surface area contributed by atoms with E-state index in [4.69, 9.17) is 4.74 Å². The van der Waals surface area contributed by atoms with Gasteiger partial charge in [0.25, 0.3) is 0 Å². The summed E-state index contributed by atoms with van der Waals surface area (Å²) in [6.45, 7) is 1.57. The molecular formula is C18H15F17O4S2. The van der Waals surface area contributed by atoms with Gasteiger partial charge in [0.05, 0.1) is 6.61 Å². The molecule has 41 heavy (non-hydrogen) atoms. The molecule has 1 aromatic rings. The highest BCUT2D eigenvalue weighted by Crippen LogP contribution is 2.65. The Morgan fingerprint density at radius 1 is 0.585 bits per heavy atom. The molecule has 0 N–H and O–H groups in total. The number of halogens is 17.